The Hall–Kier alpha value is -1.88. The molecule has 2 aliphatic rings. The van der Waals surface area contributed by atoms with Crippen LogP contribution >= 0.6 is 11.8 Å². The molecule has 1 aromatic carbocycles. The van der Waals surface area contributed by atoms with Crippen LogP contribution in [0.3, 0.4) is 0 Å². The number of carbonyl (C=O) groups excluding carboxylic acids is 1. The van der Waals surface area contributed by atoms with Crippen LogP contribution in [0.1, 0.15) is 52.3 Å². The summed E-state index contributed by atoms with van der Waals surface area (Å²) in [6.45, 7) is 1.91. The number of aryl methyl sites for hydroxylation is 3. The Kier molecular flexibility index (Phi) is 4.27. The van der Waals surface area contributed by atoms with Crippen molar-refractivity contribution in [2.24, 2.45) is 0 Å². The van der Waals surface area contributed by atoms with Crippen molar-refractivity contribution in [3.8, 4) is 0 Å². The summed E-state index contributed by atoms with van der Waals surface area (Å²) < 4.78 is 0. The van der Waals surface area contributed by atoms with Crippen molar-refractivity contribution in [1.29, 1.82) is 0 Å². The maximum absolute atomic E-state index is 12.9. The van der Waals surface area contributed by atoms with E-state index in [0.717, 1.165) is 48.5 Å². The van der Waals surface area contributed by atoms with E-state index in [2.05, 4.69) is 33.5 Å². The lowest BCUT2D eigenvalue weighted by Crippen LogP contribution is -2.35. The summed E-state index contributed by atoms with van der Waals surface area (Å²) in [5, 5.41) is 3.16. The van der Waals surface area contributed by atoms with Gasteiger partial charge in [-0.3, -0.25) is 4.79 Å². The third kappa shape index (κ3) is 2.93. The lowest BCUT2D eigenvalue weighted by Gasteiger charge is -2.29. The minimum absolute atomic E-state index is 0.0385. The van der Waals surface area contributed by atoms with Crippen LogP contribution in [0.5, 0.6) is 0 Å². The minimum atomic E-state index is -0.105. The molecule has 0 bridgehead atoms. The van der Waals surface area contributed by atoms with Gasteiger partial charge >= 0.3 is 0 Å². The van der Waals surface area contributed by atoms with E-state index in [1.54, 1.807) is 11.8 Å². The molecule has 2 aromatic rings. The normalized spacial score (nSPS) is 22.4. The molecule has 1 aromatic heterocycles. The maximum Gasteiger partial charge on any atom is 0.238 e. The highest BCUT2D eigenvalue weighted by Gasteiger charge is 2.30. The lowest BCUT2D eigenvalue weighted by atomic mass is 9.92. The molecule has 4 nitrogen and oxygen atoms in total. The highest BCUT2D eigenvalue weighted by molar-refractivity contribution is 8.00. The second-order valence-corrected chi connectivity index (χ2v) is 7.69. The smallest absolute Gasteiger partial charge is 0.238 e. The van der Waals surface area contributed by atoms with Crippen molar-refractivity contribution < 1.29 is 4.79 Å². The standard InChI is InChI=1S/C19H21N3OS/c1-12-20-11-15-16(21-12)7-4-8-17(15)22-19(23)18-14-6-3-2-5-13(14)9-10-24-18/h2-3,5-6,11,17-18H,4,7-10H2,1H3,(H,22,23)/t17-,18-/m1/s1. The topological polar surface area (TPSA) is 54.9 Å². The molecule has 124 valence electrons. The molecule has 24 heavy (non-hydrogen) atoms. The molecular weight excluding hydrogens is 318 g/mol. The molecule has 1 N–H and O–H groups in total. The van der Waals surface area contributed by atoms with E-state index < -0.39 is 0 Å². The first-order valence-corrected chi connectivity index (χ1v) is 9.59. The molecule has 2 atom stereocenters. The second-order valence-electron chi connectivity index (χ2n) is 6.47. The number of rotatable bonds is 2. The number of amides is 1. The van der Waals surface area contributed by atoms with E-state index in [4.69, 9.17) is 0 Å². The number of nitrogens with zero attached hydrogens (tertiary/aromatic N) is 2. The van der Waals surface area contributed by atoms with Gasteiger partial charge in [-0.1, -0.05) is 24.3 Å². The van der Waals surface area contributed by atoms with Gasteiger partial charge in [-0.15, -0.1) is 11.8 Å². The number of carbonyl (C=O) groups is 1. The molecule has 0 spiro atoms. The van der Waals surface area contributed by atoms with Gasteiger partial charge in [-0.05, 0) is 49.5 Å². The Morgan fingerprint density at radius 3 is 3.04 bits per heavy atom. The van der Waals surface area contributed by atoms with Crippen LogP contribution in [0, 0.1) is 6.92 Å². The summed E-state index contributed by atoms with van der Waals surface area (Å²) in [4.78, 5) is 21.8. The van der Waals surface area contributed by atoms with Crippen LogP contribution in [0.15, 0.2) is 30.5 Å². The number of aromatic nitrogens is 2. The van der Waals surface area contributed by atoms with Gasteiger partial charge in [0, 0.05) is 17.5 Å². The fourth-order valence-electron chi connectivity index (χ4n) is 3.66. The van der Waals surface area contributed by atoms with Gasteiger partial charge in [0.2, 0.25) is 5.91 Å². The quantitative estimate of drug-likeness (QED) is 0.912. The summed E-state index contributed by atoms with van der Waals surface area (Å²) in [6, 6.07) is 8.35. The van der Waals surface area contributed by atoms with Crippen molar-refractivity contribution in [3.63, 3.8) is 0 Å². The van der Waals surface area contributed by atoms with Crippen molar-refractivity contribution in [1.82, 2.24) is 15.3 Å². The van der Waals surface area contributed by atoms with E-state index in [-0.39, 0.29) is 17.2 Å². The molecule has 0 saturated heterocycles. The van der Waals surface area contributed by atoms with Gasteiger partial charge in [-0.2, -0.15) is 0 Å². The summed E-state index contributed by atoms with van der Waals surface area (Å²) in [5.74, 6) is 1.92. The van der Waals surface area contributed by atoms with Crippen molar-refractivity contribution in [2.45, 2.75) is 43.9 Å². The number of benzene rings is 1. The fraction of sp³-hybridized carbons (Fsp3) is 0.421. The van der Waals surface area contributed by atoms with Gasteiger partial charge in [0.25, 0.3) is 0 Å². The summed E-state index contributed by atoms with van der Waals surface area (Å²) in [7, 11) is 0. The average molecular weight is 339 g/mol. The Balaban J connectivity index is 1.56. The van der Waals surface area contributed by atoms with E-state index in [1.165, 1.54) is 11.1 Å². The molecular formula is C19H21N3OS. The molecule has 5 heteroatoms. The Morgan fingerprint density at radius 1 is 1.25 bits per heavy atom. The maximum atomic E-state index is 12.9. The SMILES string of the molecule is Cc1ncc2c(n1)CCC[C@H]2NC(=O)[C@@H]1SCCc2ccccc21. The molecule has 0 unspecified atom stereocenters. The lowest BCUT2D eigenvalue weighted by molar-refractivity contribution is -0.121. The molecule has 4 rings (SSSR count). The van der Waals surface area contributed by atoms with Gasteiger partial charge in [0.05, 0.1) is 6.04 Å². The minimum Gasteiger partial charge on any atom is -0.348 e. The predicted molar refractivity (Wildman–Crippen MR) is 95.9 cm³/mol. The van der Waals surface area contributed by atoms with E-state index in [1.807, 2.05) is 19.2 Å². The zero-order chi connectivity index (χ0) is 16.5. The van der Waals surface area contributed by atoms with E-state index >= 15 is 0 Å². The van der Waals surface area contributed by atoms with Crippen LogP contribution in [-0.4, -0.2) is 21.6 Å². The van der Waals surface area contributed by atoms with Crippen LogP contribution < -0.4 is 5.32 Å². The van der Waals surface area contributed by atoms with Crippen LogP contribution in [0.25, 0.3) is 0 Å². The number of hydrogen-bond donors (Lipinski definition) is 1. The largest absolute Gasteiger partial charge is 0.348 e. The Labute approximate surface area is 146 Å². The summed E-state index contributed by atoms with van der Waals surface area (Å²) >= 11 is 1.74. The third-order valence-electron chi connectivity index (χ3n) is 4.85. The monoisotopic (exact) mass is 339 g/mol. The van der Waals surface area contributed by atoms with E-state index in [9.17, 15) is 4.79 Å². The zero-order valence-corrected chi connectivity index (χ0v) is 14.6. The number of fused-ring (bicyclic) bond motifs is 2. The molecule has 0 radical (unpaired) electrons. The van der Waals surface area contributed by atoms with Gasteiger partial charge in [-0.25, -0.2) is 9.97 Å². The third-order valence-corrected chi connectivity index (χ3v) is 6.09. The first-order chi connectivity index (χ1) is 11.7. The van der Waals surface area contributed by atoms with Gasteiger partial charge in [0.15, 0.2) is 0 Å². The summed E-state index contributed by atoms with van der Waals surface area (Å²) in [6.07, 6.45) is 5.94. The predicted octanol–water partition coefficient (Wildman–Crippen LogP) is 3.31. The fourth-order valence-corrected chi connectivity index (χ4v) is 4.86. The number of hydrogen-bond acceptors (Lipinski definition) is 4. The Bertz CT molecular complexity index is 777. The first-order valence-electron chi connectivity index (χ1n) is 8.54. The van der Waals surface area contributed by atoms with Crippen molar-refractivity contribution in [3.05, 3.63) is 58.7 Å². The van der Waals surface area contributed by atoms with Crippen molar-refractivity contribution >= 4 is 17.7 Å². The molecule has 0 fully saturated rings. The molecule has 1 amide bonds. The van der Waals surface area contributed by atoms with Gasteiger partial charge in [0.1, 0.15) is 11.1 Å². The second kappa shape index (κ2) is 6.55. The van der Waals surface area contributed by atoms with Gasteiger partial charge < -0.3 is 5.32 Å². The number of nitrogens with one attached hydrogen (secondary N) is 1. The Morgan fingerprint density at radius 2 is 2.12 bits per heavy atom. The zero-order valence-electron chi connectivity index (χ0n) is 13.8. The van der Waals surface area contributed by atoms with Crippen molar-refractivity contribution in [2.75, 3.05) is 5.75 Å². The molecule has 1 aliphatic carbocycles. The molecule has 2 heterocycles. The highest BCUT2D eigenvalue weighted by Crippen LogP contribution is 2.38. The molecule has 0 saturated carbocycles. The van der Waals surface area contributed by atoms with E-state index in [0.29, 0.717) is 0 Å². The first kappa shape index (κ1) is 15.6. The van der Waals surface area contributed by atoms with Crippen LogP contribution in [-0.2, 0) is 17.6 Å². The summed E-state index contributed by atoms with van der Waals surface area (Å²) in [5.41, 5.74) is 4.66. The molecule has 1 aliphatic heterocycles. The van der Waals surface area contributed by atoms with Crippen LogP contribution in [0.2, 0.25) is 0 Å². The average Bonchev–Trinajstić information content (AvgIpc) is 2.61. The van der Waals surface area contributed by atoms with Crippen LogP contribution in [0.4, 0.5) is 0 Å². The number of thioether (sulfide) groups is 1. The highest BCUT2D eigenvalue weighted by atomic mass is 32.2.